The van der Waals surface area contributed by atoms with E-state index < -0.39 is 11.8 Å². The smallest absolute Gasteiger partial charge is 0.313 e. The van der Waals surface area contributed by atoms with E-state index in [4.69, 9.17) is 0 Å². The molecule has 0 aliphatic heterocycles. The van der Waals surface area contributed by atoms with Crippen LogP contribution in [0.25, 0.3) is 0 Å². The summed E-state index contributed by atoms with van der Waals surface area (Å²) in [7, 11) is 0. The van der Waals surface area contributed by atoms with Crippen molar-refractivity contribution in [1.29, 1.82) is 0 Å². The molecule has 148 valence electrons. The number of anilines is 1. The highest BCUT2D eigenvalue weighted by Crippen LogP contribution is 2.15. The number of hydrogen-bond acceptors (Lipinski definition) is 3. The zero-order chi connectivity index (χ0) is 20.5. The quantitative estimate of drug-likeness (QED) is 0.644. The van der Waals surface area contributed by atoms with Gasteiger partial charge in [-0.15, -0.1) is 0 Å². The third kappa shape index (κ3) is 5.94. The van der Waals surface area contributed by atoms with Crippen LogP contribution >= 0.6 is 0 Å². The summed E-state index contributed by atoms with van der Waals surface area (Å²) < 4.78 is 0. The fraction of sp³-hybridized carbons (Fsp3) is 0.318. The minimum Gasteiger partial charge on any atom is -0.348 e. The maximum absolute atomic E-state index is 12.6. The van der Waals surface area contributed by atoms with E-state index in [1.54, 1.807) is 24.3 Å². The summed E-state index contributed by atoms with van der Waals surface area (Å²) in [5.74, 6) is -1.84. The zero-order valence-electron chi connectivity index (χ0n) is 16.5. The molecule has 0 heterocycles. The Morgan fingerprint density at radius 1 is 0.893 bits per heavy atom. The van der Waals surface area contributed by atoms with E-state index in [0.29, 0.717) is 17.8 Å². The van der Waals surface area contributed by atoms with Crippen LogP contribution in [0, 0.1) is 0 Å². The Hall–Kier alpha value is -3.15. The third-order valence-electron chi connectivity index (χ3n) is 4.50. The summed E-state index contributed by atoms with van der Waals surface area (Å²) in [5, 5.41) is 7.97. The molecule has 0 aliphatic carbocycles. The lowest BCUT2D eigenvalue weighted by atomic mass is 10.1. The molecule has 0 spiro atoms. The van der Waals surface area contributed by atoms with Crippen LogP contribution in [0.3, 0.4) is 0 Å². The number of carbonyl (C=O) groups excluding carboxylic acids is 3. The molecule has 2 rings (SSSR count). The van der Waals surface area contributed by atoms with Crippen LogP contribution in [0.4, 0.5) is 5.69 Å². The average Bonchev–Trinajstić information content (AvgIpc) is 2.72. The molecule has 3 N–H and O–H groups in total. The van der Waals surface area contributed by atoms with Crippen molar-refractivity contribution in [2.45, 2.75) is 46.2 Å². The fourth-order valence-electron chi connectivity index (χ4n) is 2.53. The Labute approximate surface area is 165 Å². The van der Waals surface area contributed by atoms with Crippen LogP contribution in [0.15, 0.2) is 48.5 Å². The summed E-state index contributed by atoms with van der Waals surface area (Å²) in [6.07, 6.45) is 1.68. The van der Waals surface area contributed by atoms with Gasteiger partial charge in [-0.1, -0.05) is 50.2 Å². The van der Waals surface area contributed by atoms with Crippen LogP contribution in [-0.2, 0) is 22.6 Å². The van der Waals surface area contributed by atoms with Gasteiger partial charge < -0.3 is 16.0 Å². The van der Waals surface area contributed by atoms with Crippen molar-refractivity contribution < 1.29 is 14.4 Å². The molecule has 28 heavy (non-hydrogen) atoms. The van der Waals surface area contributed by atoms with E-state index >= 15 is 0 Å². The van der Waals surface area contributed by atoms with Crippen molar-refractivity contribution in [2.75, 3.05) is 5.32 Å². The number of amides is 3. The Morgan fingerprint density at radius 3 is 2.18 bits per heavy atom. The number of para-hydroxylation sites is 1. The van der Waals surface area contributed by atoms with Gasteiger partial charge >= 0.3 is 11.8 Å². The number of rotatable bonds is 7. The van der Waals surface area contributed by atoms with Gasteiger partial charge in [-0.05, 0) is 43.0 Å². The molecule has 0 radical (unpaired) electrons. The van der Waals surface area contributed by atoms with E-state index in [1.807, 2.05) is 38.1 Å². The first-order valence-electron chi connectivity index (χ1n) is 9.51. The fourth-order valence-corrected chi connectivity index (χ4v) is 2.53. The highest BCUT2D eigenvalue weighted by molar-refractivity contribution is 6.40. The predicted molar refractivity (Wildman–Crippen MR) is 110 cm³/mol. The van der Waals surface area contributed by atoms with Crippen LogP contribution in [0.5, 0.6) is 0 Å². The van der Waals surface area contributed by atoms with Crippen LogP contribution in [-0.4, -0.2) is 23.8 Å². The average molecular weight is 381 g/mol. The van der Waals surface area contributed by atoms with Crippen LogP contribution < -0.4 is 16.0 Å². The molecule has 0 aliphatic rings. The SMILES string of the molecule is CCc1ccc(CNC(=O)c2ccccc2NC(=O)C(=O)N[C@@H](C)CC)cc1. The number of aryl methyl sites for hydroxylation is 1. The standard InChI is InChI=1S/C22H27N3O3/c1-4-15(3)24-21(27)22(28)25-19-9-7-6-8-18(19)20(26)23-14-17-12-10-16(5-2)11-13-17/h6-13,15H,4-5,14H2,1-3H3,(H,23,26)(H,24,27)(H,25,28)/t15-/m0/s1. The molecule has 0 saturated heterocycles. The maximum atomic E-state index is 12.6. The van der Waals surface area contributed by atoms with E-state index in [9.17, 15) is 14.4 Å². The summed E-state index contributed by atoms with van der Waals surface area (Å²) >= 11 is 0. The van der Waals surface area contributed by atoms with Gasteiger partial charge in [0, 0.05) is 12.6 Å². The van der Waals surface area contributed by atoms with Gasteiger partial charge in [0.25, 0.3) is 5.91 Å². The lowest BCUT2D eigenvalue weighted by Gasteiger charge is -2.13. The summed E-state index contributed by atoms with van der Waals surface area (Å²) in [6.45, 7) is 6.20. The van der Waals surface area contributed by atoms with E-state index in [0.717, 1.165) is 18.4 Å². The Bertz CT molecular complexity index is 831. The van der Waals surface area contributed by atoms with Crippen LogP contribution in [0.1, 0.15) is 48.7 Å². The second-order valence-corrected chi connectivity index (χ2v) is 6.64. The van der Waals surface area contributed by atoms with E-state index in [2.05, 4.69) is 22.9 Å². The molecule has 0 fully saturated rings. The molecule has 0 saturated carbocycles. The highest BCUT2D eigenvalue weighted by Gasteiger charge is 2.18. The lowest BCUT2D eigenvalue weighted by molar-refractivity contribution is -0.136. The molecule has 6 nitrogen and oxygen atoms in total. The van der Waals surface area contributed by atoms with Crippen molar-refractivity contribution in [3.8, 4) is 0 Å². The second-order valence-electron chi connectivity index (χ2n) is 6.64. The molecule has 0 aromatic heterocycles. The first-order valence-corrected chi connectivity index (χ1v) is 9.51. The molecule has 0 bridgehead atoms. The molecule has 2 aromatic rings. The number of hydrogen-bond donors (Lipinski definition) is 3. The molecular weight excluding hydrogens is 354 g/mol. The molecule has 2 aromatic carbocycles. The van der Waals surface area contributed by atoms with Crippen molar-refractivity contribution in [1.82, 2.24) is 10.6 Å². The van der Waals surface area contributed by atoms with Gasteiger partial charge in [0.05, 0.1) is 11.3 Å². The number of nitrogens with one attached hydrogen (secondary N) is 3. The zero-order valence-corrected chi connectivity index (χ0v) is 16.5. The van der Waals surface area contributed by atoms with Gasteiger partial charge in [0.1, 0.15) is 0 Å². The van der Waals surface area contributed by atoms with E-state index in [1.165, 1.54) is 5.56 Å². The first-order chi connectivity index (χ1) is 13.4. The lowest BCUT2D eigenvalue weighted by Crippen LogP contribution is -2.40. The Kier molecular flexibility index (Phi) is 7.75. The third-order valence-corrected chi connectivity index (χ3v) is 4.50. The van der Waals surface area contributed by atoms with Crippen LogP contribution in [0.2, 0.25) is 0 Å². The normalized spacial score (nSPS) is 11.4. The second kappa shape index (κ2) is 10.3. The Morgan fingerprint density at radius 2 is 1.54 bits per heavy atom. The first kappa shape index (κ1) is 21.2. The molecule has 3 amide bonds. The number of benzene rings is 2. The monoisotopic (exact) mass is 381 g/mol. The molecule has 1 atom stereocenters. The predicted octanol–water partition coefficient (Wildman–Crippen LogP) is 3.03. The van der Waals surface area contributed by atoms with Crippen molar-refractivity contribution >= 4 is 23.4 Å². The molecule has 6 heteroatoms. The van der Waals surface area contributed by atoms with Crippen molar-refractivity contribution in [3.05, 3.63) is 65.2 Å². The number of carbonyl (C=O) groups is 3. The Balaban J connectivity index is 2.02. The summed E-state index contributed by atoms with van der Waals surface area (Å²) in [6, 6.07) is 14.5. The van der Waals surface area contributed by atoms with Gasteiger partial charge in [0.2, 0.25) is 0 Å². The summed E-state index contributed by atoms with van der Waals surface area (Å²) in [4.78, 5) is 36.6. The van der Waals surface area contributed by atoms with E-state index in [-0.39, 0.29) is 11.9 Å². The van der Waals surface area contributed by atoms with Crippen molar-refractivity contribution in [3.63, 3.8) is 0 Å². The van der Waals surface area contributed by atoms with Gasteiger partial charge in [-0.3, -0.25) is 14.4 Å². The van der Waals surface area contributed by atoms with Crippen molar-refractivity contribution in [2.24, 2.45) is 0 Å². The summed E-state index contributed by atoms with van der Waals surface area (Å²) in [5.41, 5.74) is 2.82. The van der Waals surface area contributed by atoms with Gasteiger partial charge in [-0.25, -0.2) is 0 Å². The molecule has 0 unspecified atom stereocenters. The molecular formula is C22H27N3O3. The van der Waals surface area contributed by atoms with Gasteiger partial charge in [-0.2, -0.15) is 0 Å². The van der Waals surface area contributed by atoms with Gasteiger partial charge in [0.15, 0.2) is 0 Å². The largest absolute Gasteiger partial charge is 0.348 e. The minimum atomic E-state index is -0.796. The maximum Gasteiger partial charge on any atom is 0.313 e. The topological polar surface area (TPSA) is 87.3 Å². The highest BCUT2D eigenvalue weighted by atomic mass is 16.2. The minimum absolute atomic E-state index is 0.101.